The first kappa shape index (κ1) is 32.0. The number of carboxylic acids is 1. The highest BCUT2D eigenvalue weighted by atomic mass is 35.5. The average Bonchev–Trinajstić information content (AvgIpc) is 3.47. The minimum atomic E-state index is -1.84. The second-order valence-corrected chi connectivity index (χ2v) is 11.3. The molecule has 0 spiro atoms. The molecule has 0 bridgehead atoms. The summed E-state index contributed by atoms with van der Waals surface area (Å²) in [4.78, 5) is 52.6. The molecule has 0 radical (unpaired) electrons. The molecule has 1 amide bonds. The molecule has 5 aromatic rings. The van der Waals surface area contributed by atoms with Crippen LogP contribution < -0.4 is 10.1 Å². The maximum atomic E-state index is 14.0. The number of esters is 1. The average molecular weight is 662 g/mol. The normalized spacial score (nSPS) is 12.5. The van der Waals surface area contributed by atoms with E-state index in [-0.39, 0.29) is 23.7 Å². The Kier molecular flexibility index (Phi) is 9.50. The maximum absolute atomic E-state index is 14.0. The van der Waals surface area contributed by atoms with Crippen LogP contribution in [0.2, 0.25) is 5.02 Å². The molecule has 1 aliphatic carbocycles. The monoisotopic (exact) mass is 661 g/mol. The van der Waals surface area contributed by atoms with Gasteiger partial charge in [-0.25, -0.2) is 14.4 Å². The molecule has 240 valence electrons. The molecule has 2 N–H and O–H groups in total. The Hall–Kier alpha value is -5.93. The zero-order valence-corrected chi connectivity index (χ0v) is 26.1. The molecule has 5 aromatic carbocycles. The fourth-order valence-corrected chi connectivity index (χ4v) is 5.68. The van der Waals surface area contributed by atoms with Gasteiger partial charge in [-0.05, 0) is 65.1 Å². The van der Waals surface area contributed by atoms with Gasteiger partial charge in [0.2, 0.25) is 6.23 Å². The van der Waals surface area contributed by atoms with Gasteiger partial charge in [0.15, 0.2) is 5.78 Å². The number of hydrogen-bond donors (Lipinski definition) is 2. The lowest BCUT2D eigenvalue weighted by molar-refractivity contribution is -0.151. The summed E-state index contributed by atoms with van der Waals surface area (Å²) in [6, 6.07) is 33.8. The molecule has 0 fully saturated rings. The number of rotatable bonds is 11. The van der Waals surface area contributed by atoms with E-state index in [2.05, 4.69) is 5.32 Å². The van der Waals surface area contributed by atoms with Gasteiger partial charge in [0.1, 0.15) is 12.4 Å². The number of carboxylic acid groups (broad SMARTS) is 1. The molecular weight excluding hydrogens is 634 g/mol. The standard InChI is InChI=1S/C38H28ClNO8/c39-28-19-18-25-20-26-16-17-27(32(31(26)30(25)21-28)33(41)23-10-4-1-5-11-23)22-46-38(45)40-35(48-37(44)24-12-6-2-7-13-24)34(36(42)43)47-29-14-8-3-9-15-29/h1-19,21,34-35H,20,22H2,(H,40,45)(H,42,43). The van der Waals surface area contributed by atoms with Crippen LogP contribution in [0.1, 0.15) is 43.0 Å². The number of carbonyl (C=O) groups excluding carboxylic acids is 3. The second-order valence-electron chi connectivity index (χ2n) is 10.9. The highest BCUT2D eigenvalue weighted by Gasteiger charge is 2.36. The van der Waals surface area contributed by atoms with Crippen molar-refractivity contribution >= 4 is 35.4 Å². The van der Waals surface area contributed by atoms with Crippen LogP contribution >= 0.6 is 11.6 Å². The number of halogens is 1. The lowest BCUT2D eigenvalue weighted by Gasteiger charge is -2.25. The van der Waals surface area contributed by atoms with Crippen molar-refractivity contribution in [3.63, 3.8) is 0 Å². The van der Waals surface area contributed by atoms with Crippen molar-refractivity contribution in [3.8, 4) is 16.9 Å². The van der Waals surface area contributed by atoms with Gasteiger partial charge in [-0.15, -0.1) is 0 Å². The SMILES string of the molecule is O=C(NC(OC(=O)c1ccccc1)C(Oc1ccccc1)C(=O)O)OCc1ccc2c(c1C(=O)c1ccccc1)-c1cc(Cl)ccc1C2. The van der Waals surface area contributed by atoms with E-state index in [9.17, 15) is 24.3 Å². The Bertz CT molecular complexity index is 1980. The number of nitrogens with one attached hydrogen (secondary N) is 1. The highest BCUT2D eigenvalue weighted by molar-refractivity contribution is 6.31. The zero-order chi connectivity index (χ0) is 33.6. The largest absolute Gasteiger partial charge is 0.478 e. The van der Waals surface area contributed by atoms with Crippen LogP contribution in [-0.2, 0) is 27.3 Å². The highest BCUT2D eigenvalue weighted by Crippen LogP contribution is 2.42. The van der Waals surface area contributed by atoms with Crippen LogP contribution in [-0.4, -0.2) is 41.3 Å². The number of benzene rings is 5. The molecule has 9 nitrogen and oxygen atoms in total. The Morgan fingerprint density at radius 3 is 2.06 bits per heavy atom. The van der Waals surface area contributed by atoms with Crippen LogP contribution in [0.5, 0.6) is 5.75 Å². The summed E-state index contributed by atoms with van der Waals surface area (Å²) in [6.07, 6.45) is -4.15. The quantitative estimate of drug-likeness (QED) is 0.0856. The van der Waals surface area contributed by atoms with Gasteiger partial charge in [-0.1, -0.05) is 96.5 Å². The van der Waals surface area contributed by atoms with Crippen molar-refractivity contribution in [2.24, 2.45) is 0 Å². The molecule has 2 atom stereocenters. The summed E-state index contributed by atoms with van der Waals surface area (Å²) in [5, 5.41) is 12.9. The molecular formula is C38H28ClNO8. The van der Waals surface area contributed by atoms with E-state index in [0.29, 0.717) is 33.7 Å². The van der Waals surface area contributed by atoms with Crippen molar-refractivity contribution in [1.29, 1.82) is 0 Å². The van der Waals surface area contributed by atoms with Crippen molar-refractivity contribution in [2.75, 3.05) is 0 Å². The number of para-hydroxylation sites is 1. The number of ether oxygens (including phenoxy) is 3. The van der Waals surface area contributed by atoms with Crippen LogP contribution in [0.15, 0.2) is 121 Å². The van der Waals surface area contributed by atoms with E-state index < -0.39 is 30.4 Å². The third kappa shape index (κ3) is 7.06. The smallest absolute Gasteiger partial charge is 0.410 e. The first-order valence-electron chi connectivity index (χ1n) is 15.0. The van der Waals surface area contributed by atoms with Crippen LogP contribution in [0.25, 0.3) is 11.1 Å². The minimum Gasteiger partial charge on any atom is -0.478 e. The molecule has 48 heavy (non-hydrogen) atoms. The number of ketones is 1. The molecule has 10 heteroatoms. The first-order chi connectivity index (χ1) is 23.3. The number of aliphatic carboxylic acids is 1. The third-order valence-electron chi connectivity index (χ3n) is 7.75. The minimum absolute atomic E-state index is 0.129. The van der Waals surface area contributed by atoms with Crippen LogP contribution in [0, 0.1) is 0 Å². The number of alkyl carbamates (subject to hydrolysis) is 1. The van der Waals surface area contributed by atoms with Gasteiger partial charge >= 0.3 is 18.0 Å². The van der Waals surface area contributed by atoms with Gasteiger partial charge in [-0.3, -0.25) is 10.1 Å². The Balaban J connectivity index is 1.29. The summed E-state index contributed by atoms with van der Waals surface area (Å²) in [7, 11) is 0. The van der Waals surface area contributed by atoms with Crippen molar-refractivity contribution in [1.82, 2.24) is 5.32 Å². The van der Waals surface area contributed by atoms with Crippen molar-refractivity contribution < 1.29 is 38.5 Å². The lowest BCUT2D eigenvalue weighted by Crippen LogP contribution is -2.52. The van der Waals surface area contributed by atoms with E-state index in [1.165, 1.54) is 24.3 Å². The molecule has 0 aromatic heterocycles. The van der Waals surface area contributed by atoms with Gasteiger partial charge < -0.3 is 19.3 Å². The topological polar surface area (TPSA) is 128 Å². The number of hydrogen-bond acceptors (Lipinski definition) is 7. The van der Waals surface area contributed by atoms with E-state index >= 15 is 0 Å². The van der Waals surface area contributed by atoms with E-state index in [1.54, 1.807) is 72.8 Å². The van der Waals surface area contributed by atoms with Gasteiger partial charge in [0, 0.05) is 21.7 Å². The molecule has 0 saturated carbocycles. The fraction of sp³-hybridized carbons (Fsp3) is 0.105. The summed E-state index contributed by atoms with van der Waals surface area (Å²) >= 11 is 6.35. The number of amides is 1. The predicted molar refractivity (Wildman–Crippen MR) is 177 cm³/mol. The molecule has 2 unspecified atom stereocenters. The van der Waals surface area contributed by atoms with E-state index in [1.807, 2.05) is 24.3 Å². The summed E-state index contributed by atoms with van der Waals surface area (Å²) in [5.41, 5.74) is 4.81. The maximum Gasteiger partial charge on any atom is 0.410 e. The second kappa shape index (κ2) is 14.2. The molecule has 1 aliphatic rings. The number of carbonyl (C=O) groups is 4. The van der Waals surface area contributed by atoms with Crippen LogP contribution in [0.3, 0.4) is 0 Å². The Labute approximate surface area is 280 Å². The predicted octanol–water partition coefficient (Wildman–Crippen LogP) is 7.08. The lowest BCUT2D eigenvalue weighted by atomic mass is 9.89. The Morgan fingerprint density at radius 2 is 1.40 bits per heavy atom. The van der Waals surface area contributed by atoms with Gasteiger partial charge in [-0.2, -0.15) is 0 Å². The molecule has 0 heterocycles. The summed E-state index contributed by atoms with van der Waals surface area (Å²) < 4.78 is 16.6. The van der Waals surface area contributed by atoms with Gasteiger partial charge in [0.25, 0.3) is 6.10 Å². The zero-order valence-electron chi connectivity index (χ0n) is 25.3. The number of fused-ring (bicyclic) bond motifs is 3. The molecule has 0 saturated heterocycles. The fourth-order valence-electron chi connectivity index (χ4n) is 5.51. The molecule has 6 rings (SSSR count). The third-order valence-corrected chi connectivity index (χ3v) is 7.99. The molecule has 0 aliphatic heterocycles. The first-order valence-corrected chi connectivity index (χ1v) is 15.3. The van der Waals surface area contributed by atoms with Gasteiger partial charge in [0.05, 0.1) is 5.56 Å². The van der Waals surface area contributed by atoms with E-state index in [0.717, 1.165) is 16.7 Å². The van der Waals surface area contributed by atoms with Crippen LogP contribution in [0.4, 0.5) is 4.79 Å². The Morgan fingerprint density at radius 1 is 0.771 bits per heavy atom. The van der Waals surface area contributed by atoms with Crippen molar-refractivity contribution in [3.05, 3.63) is 160 Å². The van der Waals surface area contributed by atoms with Crippen molar-refractivity contribution in [2.45, 2.75) is 25.4 Å². The summed E-state index contributed by atoms with van der Waals surface area (Å²) in [5.74, 6) is -2.49. The van der Waals surface area contributed by atoms with E-state index in [4.69, 9.17) is 25.8 Å². The summed E-state index contributed by atoms with van der Waals surface area (Å²) in [6.45, 7) is -0.362.